The number of carbonyl (C=O) groups is 3. The topological polar surface area (TPSA) is 69.7 Å². The first kappa shape index (κ1) is 19.2. The summed E-state index contributed by atoms with van der Waals surface area (Å²) in [5.74, 6) is -0.654. The zero-order valence-corrected chi connectivity index (χ0v) is 16.9. The smallest absolute Gasteiger partial charge is 0.319 e. The van der Waals surface area contributed by atoms with Gasteiger partial charge >= 0.3 is 6.03 Å². The quantitative estimate of drug-likeness (QED) is 0.818. The van der Waals surface area contributed by atoms with E-state index >= 15 is 0 Å². The summed E-state index contributed by atoms with van der Waals surface area (Å²) in [6, 6.07) is 14.8. The number of para-hydroxylation sites is 1. The van der Waals surface area contributed by atoms with Crippen molar-refractivity contribution in [3.05, 3.63) is 65.2 Å². The summed E-state index contributed by atoms with van der Waals surface area (Å²) in [6.45, 7) is 5.37. The van der Waals surface area contributed by atoms with Gasteiger partial charge in [-0.05, 0) is 50.8 Å². The Morgan fingerprint density at radius 1 is 1.14 bits per heavy atom. The number of imide groups is 1. The van der Waals surface area contributed by atoms with Gasteiger partial charge in [-0.15, -0.1) is 0 Å². The Labute approximate surface area is 170 Å². The number of fused-ring (bicyclic) bond motifs is 1. The van der Waals surface area contributed by atoms with Crippen molar-refractivity contribution in [2.24, 2.45) is 0 Å². The number of benzene rings is 2. The Kier molecular flexibility index (Phi) is 4.65. The van der Waals surface area contributed by atoms with Crippen LogP contribution >= 0.6 is 0 Å². The Bertz CT molecular complexity index is 985. The average molecular weight is 391 g/mol. The van der Waals surface area contributed by atoms with Crippen molar-refractivity contribution in [1.29, 1.82) is 0 Å². The number of carbonyl (C=O) groups excluding carboxylic acids is 3. The molecule has 0 spiro atoms. The SMILES string of the molecule is Cc1ccc(C2(C)NC(=O)N(CC(=O)N3c4ccccc4CCC3C)C2=O)cc1. The minimum absolute atomic E-state index is 0.0154. The van der Waals surface area contributed by atoms with Crippen molar-refractivity contribution in [2.75, 3.05) is 11.4 Å². The average Bonchev–Trinajstić information content (AvgIpc) is 2.92. The van der Waals surface area contributed by atoms with Crippen LogP contribution < -0.4 is 10.2 Å². The molecule has 1 N–H and O–H groups in total. The van der Waals surface area contributed by atoms with Crippen molar-refractivity contribution in [3.8, 4) is 0 Å². The summed E-state index contributed by atoms with van der Waals surface area (Å²) in [5, 5.41) is 2.77. The molecule has 0 aliphatic carbocycles. The van der Waals surface area contributed by atoms with Gasteiger partial charge < -0.3 is 10.2 Å². The van der Waals surface area contributed by atoms with E-state index in [4.69, 9.17) is 0 Å². The first-order valence-electron chi connectivity index (χ1n) is 9.92. The van der Waals surface area contributed by atoms with Gasteiger partial charge in [0.15, 0.2) is 0 Å². The van der Waals surface area contributed by atoms with Crippen LogP contribution in [-0.4, -0.2) is 35.3 Å². The third-order valence-electron chi connectivity index (χ3n) is 5.99. The zero-order chi connectivity index (χ0) is 20.8. The number of urea groups is 1. The molecule has 2 heterocycles. The van der Waals surface area contributed by atoms with Crippen molar-refractivity contribution in [1.82, 2.24) is 10.2 Å². The molecular formula is C23H25N3O3. The Hall–Kier alpha value is -3.15. The number of aryl methyl sites for hydroxylation is 2. The van der Waals surface area contributed by atoms with E-state index in [1.165, 1.54) is 0 Å². The molecule has 2 aromatic rings. The maximum absolute atomic E-state index is 13.2. The molecule has 0 bridgehead atoms. The standard InChI is InChI=1S/C23H25N3O3/c1-15-8-12-18(13-9-15)23(3)21(28)25(22(29)24-23)14-20(27)26-16(2)10-11-17-6-4-5-7-19(17)26/h4-9,12-13,16H,10-11,14H2,1-3H3,(H,24,29). The third kappa shape index (κ3) is 3.18. The van der Waals surface area contributed by atoms with E-state index in [-0.39, 0.29) is 18.5 Å². The lowest BCUT2D eigenvalue weighted by Gasteiger charge is -2.36. The molecule has 0 aromatic heterocycles. The van der Waals surface area contributed by atoms with Crippen LogP contribution in [0.1, 0.15) is 37.0 Å². The molecule has 6 nitrogen and oxygen atoms in total. The lowest BCUT2D eigenvalue weighted by atomic mass is 9.91. The summed E-state index contributed by atoms with van der Waals surface area (Å²) >= 11 is 0. The van der Waals surface area contributed by atoms with Crippen LogP contribution in [0.5, 0.6) is 0 Å². The van der Waals surface area contributed by atoms with E-state index in [0.29, 0.717) is 5.56 Å². The van der Waals surface area contributed by atoms with E-state index in [0.717, 1.165) is 34.6 Å². The van der Waals surface area contributed by atoms with Gasteiger partial charge in [-0.2, -0.15) is 0 Å². The van der Waals surface area contributed by atoms with Gasteiger partial charge in [-0.1, -0.05) is 48.0 Å². The lowest BCUT2D eigenvalue weighted by molar-refractivity contribution is -0.134. The predicted molar refractivity (Wildman–Crippen MR) is 110 cm³/mol. The second-order valence-electron chi connectivity index (χ2n) is 8.09. The van der Waals surface area contributed by atoms with Gasteiger partial charge in [0.2, 0.25) is 5.91 Å². The molecule has 1 fully saturated rings. The van der Waals surface area contributed by atoms with Crippen LogP contribution in [0.2, 0.25) is 0 Å². The molecule has 150 valence electrons. The molecule has 2 atom stereocenters. The second kappa shape index (κ2) is 7.03. The van der Waals surface area contributed by atoms with Gasteiger partial charge in [-0.25, -0.2) is 4.79 Å². The largest absolute Gasteiger partial charge is 0.325 e. The number of hydrogen-bond acceptors (Lipinski definition) is 3. The molecule has 0 saturated carbocycles. The highest BCUT2D eigenvalue weighted by molar-refractivity contribution is 6.10. The molecule has 29 heavy (non-hydrogen) atoms. The van der Waals surface area contributed by atoms with Gasteiger partial charge in [0.25, 0.3) is 5.91 Å². The first-order valence-corrected chi connectivity index (χ1v) is 9.92. The summed E-state index contributed by atoms with van der Waals surface area (Å²) in [7, 11) is 0. The normalized spacial score (nSPS) is 23.8. The van der Waals surface area contributed by atoms with E-state index in [2.05, 4.69) is 5.32 Å². The van der Waals surface area contributed by atoms with Crippen LogP contribution in [0.15, 0.2) is 48.5 Å². The van der Waals surface area contributed by atoms with Crippen LogP contribution in [0.25, 0.3) is 0 Å². The molecule has 2 aromatic carbocycles. The Morgan fingerprint density at radius 2 is 1.83 bits per heavy atom. The fourth-order valence-corrected chi connectivity index (χ4v) is 4.20. The van der Waals surface area contributed by atoms with Crippen molar-refractivity contribution in [2.45, 2.75) is 45.2 Å². The molecule has 2 aliphatic rings. The number of hydrogen-bond donors (Lipinski definition) is 1. The molecule has 6 heteroatoms. The molecule has 4 amide bonds. The number of nitrogens with zero attached hydrogens (tertiary/aromatic N) is 2. The van der Waals surface area contributed by atoms with E-state index in [9.17, 15) is 14.4 Å². The first-order chi connectivity index (χ1) is 13.8. The Morgan fingerprint density at radius 3 is 2.55 bits per heavy atom. The molecule has 2 unspecified atom stereocenters. The second-order valence-corrected chi connectivity index (χ2v) is 8.09. The Balaban J connectivity index is 1.58. The summed E-state index contributed by atoms with van der Waals surface area (Å²) in [5.41, 5.74) is 2.58. The number of rotatable bonds is 3. The predicted octanol–water partition coefficient (Wildman–Crippen LogP) is 3.13. The summed E-state index contributed by atoms with van der Waals surface area (Å²) in [4.78, 5) is 41.7. The molecule has 4 rings (SSSR count). The van der Waals surface area contributed by atoms with Crippen LogP contribution in [0.3, 0.4) is 0 Å². The fraction of sp³-hybridized carbons (Fsp3) is 0.348. The van der Waals surface area contributed by atoms with Crippen LogP contribution in [0.4, 0.5) is 10.5 Å². The van der Waals surface area contributed by atoms with E-state index in [1.54, 1.807) is 11.8 Å². The lowest BCUT2D eigenvalue weighted by Crippen LogP contribution is -2.49. The summed E-state index contributed by atoms with van der Waals surface area (Å²) in [6.07, 6.45) is 1.76. The van der Waals surface area contributed by atoms with Gasteiger partial charge in [0.05, 0.1) is 0 Å². The van der Waals surface area contributed by atoms with Gasteiger partial charge in [-0.3, -0.25) is 14.5 Å². The maximum Gasteiger partial charge on any atom is 0.325 e. The van der Waals surface area contributed by atoms with Crippen molar-refractivity contribution >= 4 is 23.5 Å². The molecular weight excluding hydrogens is 366 g/mol. The highest BCUT2D eigenvalue weighted by Crippen LogP contribution is 2.32. The minimum Gasteiger partial charge on any atom is -0.319 e. The minimum atomic E-state index is -1.17. The highest BCUT2D eigenvalue weighted by atomic mass is 16.2. The molecule has 0 radical (unpaired) electrons. The number of anilines is 1. The molecule has 1 saturated heterocycles. The fourth-order valence-electron chi connectivity index (χ4n) is 4.20. The van der Waals surface area contributed by atoms with Crippen molar-refractivity contribution < 1.29 is 14.4 Å². The molecule has 2 aliphatic heterocycles. The number of nitrogens with one attached hydrogen (secondary N) is 1. The number of amides is 4. The maximum atomic E-state index is 13.2. The van der Waals surface area contributed by atoms with Crippen molar-refractivity contribution in [3.63, 3.8) is 0 Å². The van der Waals surface area contributed by atoms with Crippen LogP contribution in [-0.2, 0) is 21.5 Å². The monoisotopic (exact) mass is 391 g/mol. The van der Waals surface area contributed by atoms with E-state index < -0.39 is 17.5 Å². The summed E-state index contributed by atoms with van der Waals surface area (Å²) < 4.78 is 0. The third-order valence-corrected chi connectivity index (χ3v) is 5.99. The van der Waals surface area contributed by atoms with Gasteiger partial charge in [0, 0.05) is 11.7 Å². The van der Waals surface area contributed by atoms with E-state index in [1.807, 2.05) is 62.4 Å². The van der Waals surface area contributed by atoms with Crippen LogP contribution in [0, 0.1) is 6.92 Å². The van der Waals surface area contributed by atoms with Gasteiger partial charge in [0.1, 0.15) is 12.1 Å². The highest BCUT2D eigenvalue weighted by Gasteiger charge is 2.50. The zero-order valence-electron chi connectivity index (χ0n) is 16.9.